The van der Waals surface area contributed by atoms with Crippen molar-refractivity contribution in [3.63, 3.8) is 0 Å². The van der Waals surface area contributed by atoms with Gasteiger partial charge in [0.05, 0.1) is 31.6 Å². The van der Waals surface area contributed by atoms with Crippen LogP contribution in [-0.2, 0) is 27.5 Å². The highest BCUT2D eigenvalue weighted by atomic mass is 16.5. The third-order valence-corrected chi connectivity index (χ3v) is 6.75. The van der Waals surface area contributed by atoms with Crippen LogP contribution in [0.15, 0.2) is 48.7 Å². The quantitative estimate of drug-likeness (QED) is 0.484. The minimum Gasteiger partial charge on any atom is -0.488 e. The van der Waals surface area contributed by atoms with Gasteiger partial charge >= 0.3 is 0 Å². The summed E-state index contributed by atoms with van der Waals surface area (Å²) in [6.45, 7) is 1.74. The molecule has 6 rings (SSSR count). The molecular formula is C26H25N5O6. The topological polar surface area (TPSA) is 125 Å². The number of amides is 3. The molecule has 11 heteroatoms. The molecule has 3 amide bonds. The molecule has 2 saturated heterocycles. The van der Waals surface area contributed by atoms with Gasteiger partial charge in [0.15, 0.2) is 0 Å². The molecule has 37 heavy (non-hydrogen) atoms. The van der Waals surface area contributed by atoms with E-state index in [-0.39, 0.29) is 37.5 Å². The number of fused-ring (bicyclic) bond motifs is 1. The molecule has 190 valence electrons. The average molecular weight is 504 g/mol. The van der Waals surface area contributed by atoms with Crippen molar-refractivity contribution in [3.05, 3.63) is 65.5 Å². The monoisotopic (exact) mass is 503 g/mol. The smallest absolute Gasteiger partial charge is 0.255 e. The van der Waals surface area contributed by atoms with E-state index >= 15 is 0 Å². The minimum atomic E-state index is -0.673. The maximum Gasteiger partial charge on any atom is 0.255 e. The largest absolute Gasteiger partial charge is 0.488 e. The van der Waals surface area contributed by atoms with Crippen molar-refractivity contribution in [3.8, 4) is 17.2 Å². The molecule has 2 aromatic carbocycles. The lowest BCUT2D eigenvalue weighted by Gasteiger charge is -2.29. The molecule has 0 saturated carbocycles. The predicted molar refractivity (Wildman–Crippen MR) is 128 cm³/mol. The Morgan fingerprint density at radius 1 is 1.08 bits per heavy atom. The third kappa shape index (κ3) is 4.65. The zero-order valence-corrected chi connectivity index (χ0v) is 20.0. The molecule has 1 unspecified atom stereocenters. The Morgan fingerprint density at radius 2 is 1.95 bits per heavy atom. The van der Waals surface area contributed by atoms with Gasteiger partial charge in [0.25, 0.3) is 5.91 Å². The van der Waals surface area contributed by atoms with Crippen molar-refractivity contribution in [2.45, 2.75) is 44.6 Å². The van der Waals surface area contributed by atoms with Gasteiger partial charge in [0, 0.05) is 24.0 Å². The second kappa shape index (κ2) is 9.66. The summed E-state index contributed by atoms with van der Waals surface area (Å²) >= 11 is 0. The molecular weight excluding hydrogens is 478 g/mol. The zero-order valence-electron chi connectivity index (χ0n) is 20.0. The van der Waals surface area contributed by atoms with Gasteiger partial charge in [0.1, 0.15) is 35.9 Å². The standard InChI is InChI=1S/C26H25N5O6/c32-24-9-8-22(25(33)27-24)30-13-21-20(26(30)34)2-1-3-23(21)36-14-16-12-31(29-28-16)17-4-6-18(7-5-17)37-19-10-11-35-15-19/h1-7,12,19,22H,8-11,13-15H2,(H,27,32,33)/t19-,22?/m1/s1. The van der Waals surface area contributed by atoms with Crippen LogP contribution >= 0.6 is 0 Å². The number of carbonyl (C=O) groups is 3. The van der Waals surface area contributed by atoms with E-state index in [4.69, 9.17) is 14.2 Å². The highest BCUT2D eigenvalue weighted by Gasteiger charge is 2.40. The summed E-state index contributed by atoms with van der Waals surface area (Å²) in [5.41, 5.74) is 2.66. The third-order valence-electron chi connectivity index (χ3n) is 6.75. The summed E-state index contributed by atoms with van der Waals surface area (Å²) in [5, 5.41) is 10.7. The number of imide groups is 1. The summed E-state index contributed by atoms with van der Waals surface area (Å²) < 4.78 is 18.9. The Balaban J connectivity index is 1.11. The highest BCUT2D eigenvalue weighted by molar-refractivity contribution is 6.05. The molecule has 2 atom stereocenters. The van der Waals surface area contributed by atoms with E-state index < -0.39 is 11.9 Å². The first-order valence-corrected chi connectivity index (χ1v) is 12.2. The van der Waals surface area contributed by atoms with Gasteiger partial charge < -0.3 is 19.1 Å². The van der Waals surface area contributed by atoms with Crippen LogP contribution in [0.1, 0.15) is 40.9 Å². The summed E-state index contributed by atoms with van der Waals surface area (Å²) in [4.78, 5) is 38.3. The molecule has 2 fully saturated rings. The number of piperidine rings is 1. The Labute approximate surface area is 212 Å². The van der Waals surface area contributed by atoms with E-state index in [1.54, 1.807) is 29.1 Å². The molecule has 3 aliphatic heterocycles. The average Bonchev–Trinajstić information content (AvgIpc) is 3.65. The van der Waals surface area contributed by atoms with Crippen LogP contribution in [-0.4, -0.2) is 63.0 Å². The van der Waals surface area contributed by atoms with Crippen molar-refractivity contribution in [2.24, 2.45) is 0 Å². The van der Waals surface area contributed by atoms with Gasteiger partial charge in [0.2, 0.25) is 11.8 Å². The van der Waals surface area contributed by atoms with Gasteiger partial charge in [-0.05, 0) is 42.8 Å². The zero-order chi connectivity index (χ0) is 25.4. The number of nitrogens with one attached hydrogen (secondary N) is 1. The summed E-state index contributed by atoms with van der Waals surface area (Å²) in [7, 11) is 0. The number of hydrogen-bond donors (Lipinski definition) is 1. The normalized spacial score (nSPS) is 21.2. The number of nitrogens with zero attached hydrogens (tertiary/aromatic N) is 4. The molecule has 1 N–H and O–H groups in total. The van der Waals surface area contributed by atoms with Gasteiger partial charge in [-0.3, -0.25) is 19.7 Å². The Morgan fingerprint density at radius 3 is 2.73 bits per heavy atom. The summed E-state index contributed by atoms with van der Waals surface area (Å²) in [6, 6.07) is 12.2. The van der Waals surface area contributed by atoms with E-state index in [0.29, 0.717) is 35.6 Å². The fourth-order valence-corrected chi connectivity index (χ4v) is 4.81. The maximum absolute atomic E-state index is 13.0. The van der Waals surface area contributed by atoms with Gasteiger partial charge in [-0.25, -0.2) is 4.68 Å². The van der Waals surface area contributed by atoms with Gasteiger partial charge in [-0.2, -0.15) is 0 Å². The number of carbonyl (C=O) groups excluding carboxylic acids is 3. The van der Waals surface area contributed by atoms with Crippen LogP contribution in [0.4, 0.5) is 0 Å². The van der Waals surface area contributed by atoms with Crippen molar-refractivity contribution < 1.29 is 28.6 Å². The fraction of sp³-hybridized carbons (Fsp3) is 0.346. The SMILES string of the molecule is O=C1CCC(N2Cc3c(OCc4cn(-c5ccc(O[C@@H]6CCOC6)cc5)nn4)cccc3C2=O)C(=O)N1. The van der Waals surface area contributed by atoms with E-state index in [0.717, 1.165) is 24.5 Å². The molecule has 0 spiro atoms. The lowest BCUT2D eigenvalue weighted by atomic mass is 10.0. The molecule has 0 bridgehead atoms. The van der Waals surface area contributed by atoms with Gasteiger partial charge in [-0.1, -0.05) is 11.3 Å². The summed E-state index contributed by atoms with van der Waals surface area (Å²) in [5.74, 6) is 0.331. The number of hydrogen-bond acceptors (Lipinski definition) is 8. The van der Waals surface area contributed by atoms with Crippen molar-refractivity contribution >= 4 is 17.7 Å². The van der Waals surface area contributed by atoms with E-state index in [1.165, 1.54) is 4.90 Å². The predicted octanol–water partition coefficient (Wildman–Crippen LogP) is 1.77. The first kappa shape index (κ1) is 23.2. The number of ether oxygens (including phenoxy) is 3. The molecule has 11 nitrogen and oxygen atoms in total. The molecule has 4 heterocycles. The van der Waals surface area contributed by atoms with Crippen molar-refractivity contribution in [2.75, 3.05) is 13.2 Å². The highest BCUT2D eigenvalue weighted by Crippen LogP contribution is 2.34. The minimum absolute atomic E-state index is 0.0896. The molecule has 0 aliphatic carbocycles. The van der Waals surface area contributed by atoms with Crippen molar-refractivity contribution in [1.29, 1.82) is 0 Å². The van der Waals surface area contributed by atoms with Crippen molar-refractivity contribution in [1.82, 2.24) is 25.2 Å². The second-order valence-corrected chi connectivity index (χ2v) is 9.22. The van der Waals surface area contributed by atoms with E-state index in [1.807, 2.05) is 24.3 Å². The van der Waals surface area contributed by atoms with Crippen LogP contribution in [0.2, 0.25) is 0 Å². The number of benzene rings is 2. The Hall–Kier alpha value is -4.25. The Bertz CT molecular complexity index is 1350. The second-order valence-electron chi connectivity index (χ2n) is 9.22. The van der Waals surface area contributed by atoms with Crippen LogP contribution < -0.4 is 14.8 Å². The molecule has 1 aromatic heterocycles. The summed E-state index contributed by atoms with van der Waals surface area (Å²) in [6.07, 6.45) is 3.28. The van der Waals surface area contributed by atoms with E-state index in [9.17, 15) is 14.4 Å². The first-order chi connectivity index (χ1) is 18.0. The van der Waals surface area contributed by atoms with Crippen LogP contribution in [0, 0.1) is 0 Å². The first-order valence-electron chi connectivity index (χ1n) is 12.2. The lowest BCUT2D eigenvalue weighted by Crippen LogP contribution is -2.52. The Kier molecular flexibility index (Phi) is 6.05. The fourth-order valence-electron chi connectivity index (χ4n) is 4.81. The lowest BCUT2D eigenvalue weighted by molar-refractivity contribution is -0.136. The van der Waals surface area contributed by atoms with Crippen LogP contribution in [0.25, 0.3) is 5.69 Å². The number of aromatic nitrogens is 3. The molecule has 0 radical (unpaired) electrons. The molecule has 3 aromatic rings. The van der Waals surface area contributed by atoms with Gasteiger partial charge in [-0.15, -0.1) is 5.10 Å². The maximum atomic E-state index is 13.0. The number of rotatable bonds is 7. The van der Waals surface area contributed by atoms with Crippen LogP contribution in [0.3, 0.4) is 0 Å². The van der Waals surface area contributed by atoms with Crippen LogP contribution in [0.5, 0.6) is 11.5 Å². The molecule has 3 aliphatic rings. The van der Waals surface area contributed by atoms with E-state index in [2.05, 4.69) is 15.6 Å².